The van der Waals surface area contributed by atoms with E-state index in [0.717, 1.165) is 30.4 Å². The number of aliphatic hydroxyl groups is 4. The van der Waals surface area contributed by atoms with Gasteiger partial charge in [0.2, 0.25) is 0 Å². The number of aliphatic hydroxyl groups excluding tert-OH is 4. The van der Waals surface area contributed by atoms with Crippen LogP contribution in [0.4, 0.5) is 0 Å². The Balaban J connectivity index is 1.49. The van der Waals surface area contributed by atoms with Crippen molar-refractivity contribution in [2.45, 2.75) is 49.8 Å². The van der Waals surface area contributed by atoms with Crippen molar-refractivity contribution >= 4 is 0 Å². The van der Waals surface area contributed by atoms with E-state index in [2.05, 4.69) is 30.3 Å². The Morgan fingerprint density at radius 2 is 1.56 bits per heavy atom. The molecule has 4 N–H and O–H groups in total. The van der Waals surface area contributed by atoms with Gasteiger partial charge < -0.3 is 25.2 Å². The highest BCUT2D eigenvalue weighted by Gasteiger charge is 2.43. The van der Waals surface area contributed by atoms with Crippen molar-refractivity contribution in [2.75, 3.05) is 6.61 Å². The van der Waals surface area contributed by atoms with Crippen LogP contribution in [0.5, 0.6) is 0 Å². The standard InChI is InChI=1S/C22H26O5/c23-12-18-19(24)20(25)21(26)22(27-18)17-7-3-4-13(9-17)8-14-10-15-5-1-2-6-16(15)11-14/h1-7,9,14,18-26H,8,10-12H2/t18?,19-,20?,21-,22+/m1/s1. The summed E-state index contributed by atoms with van der Waals surface area (Å²) in [6.45, 7) is -0.415. The zero-order valence-corrected chi connectivity index (χ0v) is 15.1. The molecule has 5 heteroatoms. The molecule has 27 heavy (non-hydrogen) atoms. The fraction of sp³-hybridized carbons (Fsp3) is 0.455. The highest BCUT2D eigenvalue weighted by Crippen LogP contribution is 2.34. The summed E-state index contributed by atoms with van der Waals surface area (Å²) >= 11 is 0. The van der Waals surface area contributed by atoms with Crippen LogP contribution in [0.15, 0.2) is 48.5 Å². The largest absolute Gasteiger partial charge is 0.394 e. The molecular weight excluding hydrogens is 344 g/mol. The lowest BCUT2D eigenvalue weighted by molar-refractivity contribution is -0.231. The maximum absolute atomic E-state index is 10.4. The molecule has 5 atom stereocenters. The normalized spacial score (nSPS) is 31.0. The van der Waals surface area contributed by atoms with Crippen LogP contribution in [0.1, 0.15) is 28.4 Å². The summed E-state index contributed by atoms with van der Waals surface area (Å²) in [5.74, 6) is 0.549. The quantitative estimate of drug-likeness (QED) is 0.649. The van der Waals surface area contributed by atoms with Gasteiger partial charge in [-0.05, 0) is 47.4 Å². The van der Waals surface area contributed by atoms with E-state index < -0.39 is 37.1 Å². The van der Waals surface area contributed by atoms with Crippen molar-refractivity contribution in [2.24, 2.45) is 5.92 Å². The summed E-state index contributed by atoms with van der Waals surface area (Å²) in [6, 6.07) is 16.4. The van der Waals surface area contributed by atoms with Crippen molar-refractivity contribution in [1.82, 2.24) is 0 Å². The summed E-state index contributed by atoms with van der Waals surface area (Å²) < 4.78 is 5.68. The first-order valence-electron chi connectivity index (χ1n) is 9.53. The van der Waals surface area contributed by atoms with Crippen LogP contribution >= 0.6 is 0 Å². The Morgan fingerprint density at radius 1 is 0.852 bits per heavy atom. The molecule has 144 valence electrons. The summed E-state index contributed by atoms with van der Waals surface area (Å²) in [5, 5.41) is 39.7. The van der Waals surface area contributed by atoms with Gasteiger partial charge in [0, 0.05) is 0 Å². The minimum absolute atomic E-state index is 0.415. The number of rotatable bonds is 4. The highest BCUT2D eigenvalue weighted by molar-refractivity contribution is 5.34. The Kier molecular flexibility index (Phi) is 5.30. The maximum atomic E-state index is 10.4. The molecule has 0 bridgehead atoms. The third-order valence-electron chi connectivity index (χ3n) is 5.83. The lowest BCUT2D eigenvalue weighted by Gasteiger charge is -2.40. The van der Waals surface area contributed by atoms with Crippen molar-refractivity contribution in [3.05, 3.63) is 70.8 Å². The van der Waals surface area contributed by atoms with Gasteiger partial charge in [-0.1, -0.05) is 48.5 Å². The Labute approximate surface area is 158 Å². The van der Waals surface area contributed by atoms with Gasteiger partial charge in [-0.3, -0.25) is 0 Å². The zero-order chi connectivity index (χ0) is 19.0. The van der Waals surface area contributed by atoms with E-state index in [1.807, 2.05) is 18.2 Å². The molecule has 0 amide bonds. The van der Waals surface area contributed by atoms with Gasteiger partial charge in [0.15, 0.2) is 0 Å². The van der Waals surface area contributed by atoms with Gasteiger partial charge in [0.05, 0.1) is 6.61 Å². The smallest absolute Gasteiger partial charge is 0.113 e. The summed E-state index contributed by atoms with van der Waals surface area (Å²) in [4.78, 5) is 0. The van der Waals surface area contributed by atoms with E-state index in [4.69, 9.17) is 4.74 Å². The summed E-state index contributed by atoms with van der Waals surface area (Å²) in [6.07, 6.45) is -2.52. The predicted molar refractivity (Wildman–Crippen MR) is 100 cm³/mol. The molecule has 1 aliphatic heterocycles. The molecule has 1 aliphatic carbocycles. The van der Waals surface area contributed by atoms with Gasteiger partial charge in [-0.25, -0.2) is 0 Å². The van der Waals surface area contributed by atoms with E-state index in [1.54, 1.807) is 0 Å². The van der Waals surface area contributed by atoms with Crippen LogP contribution in [-0.2, 0) is 24.0 Å². The molecule has 5 nitrogen and oxygen atoms in total. The van der Waals surface area contributed by atoms with Crippen molar-refractivity contribution < 1.29 is 25.2 Å². The molecule has 1 heterocycles. The van der Waals surface area contributed by atoms with E-state index in [0.29, 0.717) is 5.92 Å². The predicted octanol–water partition coefficient (Wildman–Crippen LogP) is 1.16. The van der Waals surface area contributed by atoms with Gasteiger partial charge in [0.1, 0.15) is 30.5 Å². The number of benzene rings is 2. The van der Waals surface area contributed by atoms with Crippen molar-refractivity contribution in [3.8, 4) is 0 Å². The minimum Gasteiger partial charge on any atom is -0.394 e. The average molecular weight is 370 g/mol. The first kappa shape index (κ1) is 18.6. The lowest BCUT2D eigenvalue weighted by Crippen LogP contribution is -2.55. The van der Waals surface area contributed by atoms with Gasteiger partial charge in [-0.15, -0.1) is 0 Å². The Hall–Kier alpha value is -1.76. The van der Waals surface area contributed by atoms with E-state index in [9.17, 15) is 20.4 Å². The third-order valence-corrected chi connectivity index (χ3v) is 5.83. The van der Waals surface area contributed by atoms with Crippen LogP contribution < -0.4 is 0 Å². The number of fused-ring (bicyclic) bond motifs is 1. The first-order chi connectivity index (χ1) is 13.1. The molecule has 0 radical (unpaired) electrons. The summed E-state index contributed by atoms with van der Waals surface area (Å²) in [7, 11) is 0. The van der Waals surface area contributed by atoms with Gasteiger partial charge >= 0.3 is 0 Å². The van der Waals surface area contributed by atoms with Gasteiger partial charge in [0.25, 0.3) is 0 Å². The molecule has 2 aliphatic rings. The molecule has 1 fully saturated rings. The molecule has 0 spiro atoms. The number of hydrogen-bond donors (Lipinski definition) is 4. The zero-order valence-electron chi connectivity index (χ0n) is 15.1. The van der Waals surface area contributed by atoms with Crippen LogP contribution in [0.3, 0.4) is 0 Å². The maximum Gasteiger partial charge on any atom is 0.113 e. The molecule has 0 aromatic heterocycles. The second-order valence-corrected chi connectivity index (χ2v) is 7.74. The van der Waals surface area contributed by atoms with Crippen molar-refractivity contribution in [3.63, 3.8) is 0 Å². The molecule has 2 aromatic rings. The molecule has 2 aromatic carbocycles. The fourth-order valence-electron chi connectivity index (χ4n) is 4.40. The molecular formula is C22H26O5. The van der Waals surface area contributed by atoms with Gasteiger partial charge in [-0.2, -0.15) is 0 Å². The number of hydrogen-bond acceptors (Lipinski definition) is 5. The Morgan fingerprint density at radius 3 is 2.22 bits per heavy atom. The van der Waals surface area contributed by atoms with E-state index in [-0.39, 0.29) is 0 Å². The average Bonchev–Trinajstić information content (AvgIpc) is 3.09. The van der Waals surface area contributed by atoms with Crippen molar-refractivity contribution in [1.29, 1.82) is 0 Å². The second kappa shape index (κ2) is 7.70. The van der Waals surface area contributed by atoms with E-state index >= 15 is 0 Å². The summed E-state index contributed by atoms with van der Waals surface area (Å²) in [5.41, 5.74) is 4.75. The van der Waals surface area contributed by atoms with Crippen LogP contribution in [-0.4, -0.2) is 51.4 Å². The second-order valence-electron chi connectivity index (χ2n) is 7.74. The minimum atomic E-state index is -1.35. The topological polar surface area (TPSA) is 90.2 Å². The SMILES string of the molecule is OCC1O[C@@H](c2cccc(CC3Cc4ccccc4C3)c2)[C@H](O)C(O)[C@@H]1O. The fourth-order valence-corrected chi connectivity index (χ4v) is 4.40. The molecule has 0 saturated carbocycles. The third kappa shape index (κ3) is 3.66. The molecule has 4 rings (SSSR count). The molecule has 2 unspecified atom stereocenters. The van der Waals surface area contributed by atoms with E-state index in [1.165, 1.54) is 11.1 Å². The monoisotopic (exact) mass is 370 g/mol. The lowest BCUT2D eigenvalue weighted by atomic mass is 9.89. The van der Waals surface area contributed by atoms with Crippen LogP contribution in [0.25, 0.3) is 0 Å². The molecule has 1 saturated heterocycles. The van der Waals surface area contributed by atoms with Crippen LogP contribution in [0, 0.1) is 5.92 Å². The Bertz CT molecular complexity index is 765. The first-order valence-corrected chi connectivity index (χ1v) is 9.53. The van der Waals surface area contributed by atoms with Crippen LogP contribution in [0.2, 0.25) is 0 Å². The highest BCUT2D eigenvalue weighted by atomic mass is 16.5. The number of ether oxygens (including phenoxy) is 1.